The van der Waals surface area contributed by atoms with Crippen LogP contribution in [-0.4, -0.2) is 20.8 Å². The smallest absolute Gasteiger partial charge is 0.180 e. The lowest BCUT2D eigenvalue weighted by Gasteiger charge is -2.01. The van der Waals surface area contributed by atoms with Crippen molar-refractivity contribution in [2.75, 3.05) is 12.4 Å². The van der Waals surface area contributed by atoms with Crippen LogP contribution in [0.3, 0.4) is 0 Å². The molecule has 0 aliphatic heterocycles. The second-order valence-electron chi connectivity index (χ2n) is 2.39. The first kappa shape index (κ1) is 10.6. The van der Waals surface area contributed by atoms with Gasteiger partial charge in [0.15, 0.2) is 9.84 Å². The standard InChI is InChI=1S/C8H9O3S2/c9-13(10,7-6-11-12)8-4-2-1-3-5-8/h2-5,12H,6-7H2. The Kier molecular flexibility index (Phi) is 3.77. The molecule has 0 saturated carbocycles. The SMILES string of the molecule is O=S(=O)(CCOS)c1cc[c]cc1. The Bertz CT molecular complexity index is 345. The summed E-state index contributed by atoms with van der Waals surface area (Å²) in [5, 5.41) is 0. The molecule has 0 saturated heterocycles. The van der Waals surface area contributed by atoms with Crippen LogP contribution in [0.4, 0.5) is 0 Å². The van der Waals surface area contributed by atoms with Crippen LogP contribution < -0.4 is 0 Å². The number of benzene rings is 1. The van der Waals surface area contributed by atoms with Gasteiger partial charge in [0.1, 0.15) is 0 Å². The van der Waals surface area contributed by atoms with E-state index in [1.165, 1.54) is 12.1 Å². The first-order valence-corrected chi connectivity index (χ1v) is 5.64. The van der Waals surface area contributed by atoms with Crippen molar-refractivity contribution in [3.05, 3.63) is 30.3 Å². The van der Waals surface area contributed by atoms with E-state index in [1.807, 2.05) is 0 Å². The van der Waals surface area contributed by atoms with Gasteiger partial charge in [-0.05, 0) is 31.1 Å². The van der Waals surface area contributed by atoms with Crippen molar-refractivity contribution in [3.8, 4) is 0 Å². The van der Waals surface area contributed by atoms with Crippen molar-refractivity contribution in [2.45, 2.75) is 4.90 Å². The van der Waals surface area contributed by atoms with Crippen LogP contribution in [0.5, 0.6) is 0 Å². The molecule has 3 nitrogen and oxygen atoms in total. The van der Waals surface area contributed by atoms with Crippen LogP contribution in [0.2, 0.25) is 0 Å². The molecule has 13 heavy (non-hydrogen) atoms. The van der Waals surface area contributed by atoms with Crippen molar-refractivity contribution in [1.29, 1.82) is 0 Å². The molecule has 0 aliphatic rings. The lowest BCUT2D eigenvalue weighted by molar-refractivity contribution is 0.409. The van der Waals surface area contributed by atoms with E-state index in [0.717, 1.165) is 0 Å². The lowest BCUT2D eigenvalue weighted by Crippen LogP contribution is -2.10. The second-order valence-corrected chi connectivity index (χ2v) is 4.76. The molecule has 0 fully saturated rings. The number of rotatable bonds is 4. The van der Waals surface area contributed by atoms with Gasteiger partial charge in [0.2, 0.25) is 0 Å². The molecular weight excluding hydrogens is 208 g/mol. The maximum atomic E-state index is 11.5. The Morgan fingerprint density at radius 3 is 2.54 bits per heavy atom. The van der Waals surface area contributed by atoms with Gasteiger partial charge in [-0.3, -0.25) is 0 Å². The topological polar surface area (TPSA) is 43.4 Å². The fraction of sp³-hybridized carbons (Fsp3) is 0.250. The van der Waals surface area contributed by atoms with Crippen molar-refractivity contribution in [1.82, 2.24) is 0 Å². The van der Waals surface area contributed by atoms with Crippen LogP contribution in [0.25, 0.3) is 0 Å². The lowest BCUT2D eigenvalue weighted by atomic mass is 10.4. The molecule has 1 aromatic carbocycles. The average molecular weight is 217 g/mol. The molecule has 5 heteroatoms. The molecule has 0 unspecified atom stereocenters. The fourth-order valence-electron chi connectivity index (χ4n) is 0.844. The highest BCUT2D eigenvalue weighted by molar-refractivity contribution is 7.91. The number of hydrogen-bond acceptors (Lipinski definition) is 4. The quantitative estimate of drug-likeness (QED) is 0.607. The maximum Gasteiger partial charge on any atom is 0.180 e. The summed E-state index contributed by atoms with van der Waals surface area (Å²) < 4.78 is 27.3. The molecule has 0 aromatic heterocycles. The van der Waals surface area contributed by atoms with E-state index in [9.17, 15) is 8.42 Å². The van der Waals surface area contributed by atoms with Crippen molar-refractivity contribution >= 4 is 22.7 Å². The highest BCUT2D eigenvalue weighted by Gasteiger charge is 2.12. The zero-order chi connectivity index (χ0) is 9.73. The monoisotopic (exact) mass is 217 g/mol. The minimum Gasteiger partial charge on any atom is -0.317 e. The van der Waals surface area contributed by atoms with E-state index in [-0.39, 0.29) is 17.3 Å². The molecule has 1 rings (SSSR count). The Morgan fingerprint density at radius 1 is 1.38 bits per heavy atom. The van der Waals surface area contributed by atoms with E-state index in [2.05, 4.69) is 23.2 Å². The summed E-state index contributed by atoms with van der Waals surface area (Å²) in [5.74, 6) is -0.0550. The Labute approximate surface area is 83.3 Å². The van der Waals surface area contributed by atoms with E-state index < -0.39 is 9.84 Å². The second kappa shape index (κ2) is 4.64. The zero-order valence-corrected chi connectivity index (χ0v) is 8.51. The van der Waals surface area contributed by atoms with Crippen molar-refractivity contribution in [2.24, 2.45) is 0 Å². The third-order valence-electron chi connectivity index (χ3n) is 1.49. The summed E-state index contributed by atoms with van der Waals surface area (Å²) in [7, 11) is -3.22. The van der Waals surface area contributed by atoms with E-state index in [1.54, 1.807) is 12.1 Å². The Morgan fingerprint density at radius 2 is 2.00 bits per heavy atom. The first-order valence-electron chi connectivity index (χ1n) is 3.62. The van der Waals surface area contributed by atoms with Gasteiger partial charge in [-0.15, -0.1) is 0 Å². The third-order valence-corrected chi connectivity index (χ3v) is 3.37. The van der Waals surface area contributed by atoms with Crippen LogP contribution in [0, 0.1) is 6.07 Å². The van der Waals surface area contributed by atoms with E-state index in [0.29, 0.717) is 0 Å². The van der Waals surface area contributed by atoms with Crippen LogP contribution >= 0.6 is 12.9 Å². The predicted molar refractivity (Wildman–Crippen MR) is 52.3 cm³/mol. The molecule has 0 N–H and O–H groups in total. The summed E-state index contributed by atoms with van der Waals surface area (Å²) in [6.45, 7) is 0.0874. The molecule has 0 spiro atoms. The summed E-state index contributed by atoms with van der Waals surface area (Å²) in [6, 6.07) is 8.89. The maximum absolute atomic E-state index is 11.5. The average Bonchev–Trinajstić information content (AvgIpc) is 2.16. The van der Waals surface area contributed by atoms with Gasteiger partial charge in [0, 0.05) is 0 Å². The minimum atomic E-state index is -3.22. The van der Waals surface area contributed by atoms with Gasteiger partial charge in [-0.2, -0.15) is 0 Å². The molecule has 0 bridgehead atoms. The van der Waals surface area contributed by atoms with Gasteiger partial charge < -0.3 is 4.18 Å². The molecule has 0 heterocycles. The van der Waals surface area contributed by atoms with Gasteiger partial charge in [0.05, 0.1) is 17.3 Å². The summed E-state index contributed by atoms with van der Waals surface area (Å²) in [4.78, 5) is 0.289. The molecule has 1 aromatic rings. The van der Waals surface area contributed by atoms with Crippen molar-refractivity contribution in [3.63, 3.8) is 0 Å². The molecule has 71 valence electrons. The van der Waals surface area contributed by atoms with Gasteiger partial charge in [0.25, 0.3) is 0 Å². The number of thiol groups is 1. The van der Waals surface area contributed by atoms with Crippen LogP contribution in [0.1, 0.15) is 0 Å². The third kappa shape index (κ3) is 3.02. The van der Waals surface area contributed by atoms with Crippen LogP contribution in [-0.2, 0) is 14.0 Å². The zero-order valence-electron chi connectivity index (χ0n) is 6.80. The van der Waals surface area contributed by atoms with Gasteiger partial charge >= 0.3 is 0 Å². The predicted octanol–water partition coefficient (Wildman–Crippen LogP) is 1.12. The molecule has 0 amide bonds. The molecular formula is C8H9O3S2. The van der Waals surface area contributed by atoms with E-state index in [4.69, 9.17) is 0 Å². The summed E-state index contributed by atoms with van der Waals surface area (Å²) >= 11 is 3.47. The molecule has 0 aliphatic carbocycles. The number of sulfone groups is 1. The highest BCUT2D eigenvalue weighted by Crippen LogP contribution is 2.09. The summed E-state index contributed by atoms with van der Waals surface area (Å²) in [5.41, 5.74) is 0. The molecule has 0 atom stereocenters. The highest BCUT2D eigenvalue weighted by atomic mass is 32.2. The summed E-state index contributed by atoms with van der Waals surface area (Å²) in [6.07, 6.45) is 0. The van der Waals surface area contributed by atoms with Crippen LogP contribution in [0.15, 0.2) is 29.2 Å². The Balaban J connectivity index is 2.83. The van der Waals surface area contributed by atoms with Crippen molar-refractivity contribution < 1.29 is 12.6 Å². The fourth-order valence-corrected chi connectivity index (χ4v) is 2.15. The first-order chi connectivity index (χ1) is 6.17. The normalized spacial score (nSPS) is 11.5. The molecule has 1 radical (unpaired) electrons. The minimum absolute atomic E-state index is 0.0550. The van der Waals surface area contributed by atoms with Gasteiger partial charge in [-0.25, -0.2) is 8.42 Å². The van der Waals surface area contributed by atoms with E-state index >= 15 is 0 Å². The largest absolute Gasteiger partial charge is 0.317 e. The van der Waals surface area contributed by atoms with Gasteiger partial charge in [-0.1, -0.05) is 12.1 Å². The number of hydrogen-bond donors (Lipinski definition) is 1. The Hall–Kier alpha value is -0.520.